The SMILES string of the molecule is Cc1c(Br)cccc1C(C)(N)C(F)F. The van der Waals surface area contributed by atoms with E-state index in [0.29, 0.717) is 5.56 Å². The summed E-state index contributed by atoms with van der Waals surface area (Å²) >= 11 is 3.29. The predicted octanol–water partition coefficient (Wildman–Crippen LogP) is 3.20. The normalized spacial score (nSPS) is 15.6. The summed E-state index contributed by atoms with van der Waals surface area (Å²) in [4.78, 5) is 0. The minimum Gasteiger partial charge on any atom is -0.317 e. The van der Waals surface area contributed by atoms with Gasteiger partial charge in [-0.05, 0) is 31.0 Å². The van der Waals surface area contributed by atoms with Crippen LogP contribution in [0.15, 0.2) is 22.7 Å². The summed E-state index contributed by atoms with van der Waals surface area (Å²) < 4.78 is 26.1. The summed E-state index contributed by atoms with van der Waals surface area (Å²) in [6, 6.07) is 5.15. The van der Waals surface area contributed by atoms with Gasteiger partial charge in [0.15, 0.2) is 0 Å². The molecule has 0 heterocycles. The average Bonchev–Trinajstić information content (AvgIpc) is 2.09. The Morgan fingerprint density at radius 3 is 2.50 bits per heavy atom. The van der Waals surface area contributed by atoms with Gasteiger partial charge in [-0.15, -0.1) is 0 Å². The molecule has 0 saturated heterocycles. The van der Waals surface area contributed by atoms with E-state index in [0.717, 1.165) is 10.0 Å². The van der Waals surface area contributed by atoms with Gasteiger partial charge in [-0.3, -0.25) is 0 Å². The van der Waals surface area contributed by atoms with E-state index in [4.69, 9.17) is 5.73 Å². The van der Waals surface area contributed by atoms with E-state index in [1.807, 2.05) is 0 Å². The fourth-order valence-corrected chi connectivity index (χ4v) is 1.67. The third-order valence-corrected chi connectivity index (χ3v) is 3.16. The molecule has 0 fully saturated rings. The quantitative estimate of drug-likeness (QED) is 0.872. The van der Waals surface area contributed by atoms with Gasteiger partial charge in [-0.1, -0.05) is 28.1 Å². The molecule has 0 radical (unpaired) electrons. The lowest BCUT2D eigenvalue weighted by molar-refractivity contribution is 0.0621. The van der Waals surface area contributed by atoms with Crippen LogP contribution in [0.3, 0.4) is 0 Å². The maximum Gasteiger partial charge on any atom is 0.260 e. The van der Waals surface area contributed by atoms with Crippen molar-refractivity contribution in [3.05, 3.63) is 33.8 Å². The van der Waals surface area contributed by atoms with Gasteiger partial charge in [-0.25, -0.2) is 8.78 Å². The van der Waals surface area contributed by atoms with E-state index < -0.39 is 12.0 Å². The van der Waals surface area contributed by atoms with E-state index in [-0.39, 0.29) is 0 Å². The Bertz CT molecular complexity index is 337. The largest absolute Gasteiger partial charge is 0.317 e. The Kier molecular flexibility index (Phi) is 3.27. The fraction of sp³-hybridized carbons (Fsp3) is 0.400. The second-order valence-electron chi connectivity index (χ2n) is 3.50. The summed E-state index contributed by atoms with van der Waals surface area (Å²) in [5, 5.41) is 0. The molecule has 0 bridgehead atoms. The Morgan fingerprint density at radius 2 is 2.00 bits per heavy atom. The Hall–Kier alpha value is -0.480. The van der Waals surface area contributed by atoms with Crippen LogP contribution in [0.1, 0.15) is 18.1 Å². The van der Waals surface area contributed by atoms with Crippen LogP contribution in [-0.2, 0) is 5.54 Å². The standard InChI is InChI=1S/C10H12BrF2N/c1-6-7(4-3-5-8(6)11)10(2,14)9(12)13/h3-5,9H,14H2,1-2H3. The third kappa shape index (κ3) is 1.96. The highest BCUT2D eigenvalue weighted by Gasteiger charge is 2.33. The molecule has 1 aromatic carbocycles. The molecule has 1 atom stereocenters. The number of hydrogen-bond acceptors (Lipinski definition) is 1. The molecule has 0 aromatic heterocycles. The van der Waals surface area contributed by atoms with Gasteiger partial charge in [0, 0.05) is 4.47 Å². The van der Waals surface area contributed by atoms with Gasteiger partial charge >= 0.3 is 0 Å². The van der Waals surface area contributed by atoms with Crippen molar-refractivity contribution in [2.24, 2.45) is 5.73 Å². The molecule has 1 aromatic rings. The van der Waals surface area contributed by atoms with Crippen LogP contribution < -0.4 is 5.73 Å². The molecule has 1 unspecified atom stereocenters. The number of rotatable bonds is 2. The van der Waals surface area contributed by atoms with Crippen molar-refractivity contribution in [1.82, 2.24) is 0 Å². The zero-order chi connectivity index (χ0) is 10.9. The first-order valence-electron chi connectivity index (χ1n) is 4.20. The number of hydrogen-bond donors (Lipinski definition) is 1. The first-order valence-corrected chi connectivity index (χ1v) is 4.99. The van der Waals surface area contributed by atoms with E-state index in [9.17, 15) is 8.78 Å². The van der Waals surface area contributed by atoms with Gasteiger partial charge < -0.3 is 5.73 Å². The van der Waals surface area contributed by atoms with Crippen molar-refractivity contribution in [1.29, 1.82) is 0 Å². The van der Waals surface area contributed by atoms with Crippen LogP contribution in [0.25, 0.3) is 0 Å². The van der Waals surface area contributed by atoms with Gasteiger partial charge in [0.1, 0.15) is 5.54 Å². The highest BCUT2D eigenvalue weighted by molar-refractivity contribution is 9.10. The molecule has 0 aliphatic heterocycles. The highest BCUT2D eigenvalue weighted by Crippen LogP contribution is 2.31. The summed E-state index contributed by atoms with van der Waals surface area (Å²) in [6.07, 6.45) is -2.57. The molecule has 0 saturated carbocycles. The molecular weight excluding hydrogens is 252 g/mol. The lowest BCUT2D eigenvalue weighted by Gasteiger charge is -2.26. The zero-order valence-corrected chi connectivity index (χ0v) is 9.61. The van der Waals surface area contributed by atoms with Crippen LogP contribution in [0.4, 0.5) is 8.78 Å². The third-order valence-electron chi connectivity index (χ3n) is 2.30. The van der Waals surface area contributed by atoms with Gasteiger partial charge in [0.05, 0.1) is 0 Å². The summed E-state index contributed by atoms with van der Waals surface area (Å²) in [6.45, 7) is 3.11. The van der Waals surface area contributed by atoms with Gasteiger partial charge in [-0.2, -0.15) is 0 Å². The van der Waals surface area contributed by atoms with Crippen LogP contribution in [0.5, 0.6) is 0 Å². The smallest absolute Gasteiger partial charge is 0.260 e. The van der Waals surface area contributed by atoms with Crippen molar-refractivity contribution < 1.29 is 8.78 Å². The van der Waals surface area contributed by atoms with Crippen molar-refractivity contribution >= 4 is 15.9 Å². The number of nitrogens with two attached hydrogens (primary N) is 1. The molecule has 4 heteroatoms. The Labute approximate surface area is 90.4 Å². The predicted molar refractivity (Wildman–Crippen MR) is 56.4 cm³/mol. The van der Waals surface area contributed by atoms with Crippen LogP contribution in [0, 0.1) is 6.92 Å². The topological polar surface area (TPSA) is 26.0 Å². The molecule has 0 aliphatic rings. The fourth-order valence-electron chi connectivity index (χ4n) is 1.31. The summed E-state index contributed by atoms with van der Waals surface area (Å²) in [7, 11) is 0. The van der Waals surface area contributed by atoms with E-state index in [1.54, 1.807) is 25.1 Å². The minimum atomic E-state index is -2.57. The number of alkyl halides is 2. The van der Waals surface area contributed by atoms with E-state index >= 15 is 0 Å². The number of halogens is 3. The maximum absolute atomic E-state index is 12.7. The highest BCUT2D eigenvalue weighted by atomic mass is 79.9. The van der Waals surface area contributed by atoms with Crippen LogP contribution in [-0.4, -0.2) is 6.43 Å². The zero-order valence-electron chi connectivity index (χ0n) is 8.02. The molecule has 1 rings (SSSR count). The second-order valence-corrected chi connectivity index (χ2v) is 4.35. The monoisotopic (exact) mass is 263 g/mol. The molecule has 14 heavy (non-hydrogen) atoms. The van der Waals surface area contributed by atoms with Crippen molar-refractivity contribution in [2.75, 3.05) is 0 Å². The number of benzene rings is 1. The minimum absolute atomic E-state index is 0.474. The van der Waals surface area contributed by atoms with E-state index in [2.05, 4.69) is 15.9 Å². The molecule has 0 spiro atoms. The maximum atomic E-state index is 12.7. The second kappa shape index (κ2) is 3.95. The van der Waals surface area contributed by atoms with Crippen molar-refractivity contribution in [3.8, 4) is 0 Å². The Balaban J connectivity index is 3.26. The lowest BCUT2D eigenvalue weighted by atomic mass is 9.90. The molecule has 78 valence electrons. The van der Waals surface area contributed by atoms with Crippen LogP contribution in [0.2, 0.25) is 0 Å². The molecule has 1 nitrogen and oxygen atoms in total. The average molecular weight is 264 g/mol. The van der Waals surface area contributed by atoms with E-state index in [1.165, 1.54) is 6.92 Å². The molecule has 0 aliphatic carbocycles. The van der Waals surface area contributed by atoms with Gasteiger partial charge in [0.25, 0.3) is 6.43 Å². The first-order chi connectivity index (χ1) is 6.37. The summed E-state index contributed by atoms with van der Waals surface area (Å²) in [5.41, 5.74) is 5.23. The summed E-state index contributed by atoms with van der Waals surface area (Å²) in [5.74, 6) is 0. The van der Waals surface area contributed by atoms with Crippen molar-refractivity contribution in [2.45, 2.75) is 25.8 Å². The van der Waals surface area contributed by atoms with Gasteiger partial charge in [0.2, 0.25) is 0 Å². The molecule has 2 N–H and O–H groups in total. The molecule has 0 amide bonds. The van der Waals surface area contributed by atoms with Crippen LogP contribution >= 0.6 is 15.9 Å². The Morgan fingerprint density at radius 1 is 1.43 bits per heavy atom. The lowest BCUT2D eigenvalue weighted by Crippen LogP contribution is -2.41. The van der Waals surface area contributed by atoms with Crippen molar-refractivity contribution in [3.63, 3.8) is 0 Å². The first kappa shape index (κ1) is 11.6. The molecular formula is C10H12BrF2N.